The molecule has 2 aromatic rings. The van der Waals surface area contributed by atoms with Gasteiger partial charge < -0.3 is 10.6 Å². The molecule has 2 aromatic carbocycles. The molecule has 7 nitrogen and oxygen atoms in total. The number of nitrogens with zero attached hydrogens (tertiary/aromatic N) is 1. The molecule has 8 heteroatoms. The number of amides is 2. The van der Waals surface area contributed by atoms with E-state index in [1.54, 1.807) is 12.1 Å². The van der Waals surface area contributed by atoms with Gasteiger partial charge in [-0.05, 0) is 73.1 Å². The van der Waals surface area contributed by atoms with E-state index in [-0.39, 0.29) is 16.7 Å². The first-order valence-electron chi connectivity index (χ1n) is 11.1. The number of rotatable bonds is 5. The summed E-state index contributed by atoms with van der Waals surface area (Å²) in [5.74, 6) is 0.0203. The van der Waals surface area contributed by atoms with Gasteiger partial charge in [-0.25, -0.2) is 8.42 Å². The van der Waals surface area contributed by atoms with Crippen molar-refractivity contribution in [1.82, 2.24) is 4.31 Å². The van der Waals surface area contributed by atoms with Crippen molar-refractivity contribution in [1.29, 1.82) is 0 Å². The summed E-state index contributed by atoms with van der Waals surface area (Å²) >= 11 is 0. The number of fused-ring (bicyclic) bond motifs is 1. The maximum atomic E-state index is 13.4. The molecule has 170 valence electrons. The number of aryl methyl sites for hydroxylation is 1. The van der Waals surface area contributed by atoms with Crippen LogP contribution in [-0.2, 0) is 26.0 Å². The fourth-order valence-corrected chi connectivity index (χ4v) is 6.02. The van der Waals surface area contributed by atoms with Gasteiger partial charge in [-0.1, -0.05) is 26.0 Å². The molecule has 0 radical (unpaired) electrons. The minimum Gasteiger partial charge on any atom is -0.326 e. The molecule has 1 atom stereocenters. The zero-order valence-electron chi connectivity index (χ0n) is 18.4. The van der Waals surface area contributed by atoms with Crippen molar-refractivity contribution < 1.29 is 18.0 Å². The average Bonchev–Trinajstić information content (AvgIpc) is 3.18. The van der Waals surface area contributed by atoms with Crippen molar-refractivity contribution in [3.05, 3.63) is 53.6 Å². The number of hydrogen-bond acceptors (Lipinski definition) is 4. The molecule has 32 heavy (non-hydrogen) atoms. The highest BCUT2D eigenvalue weighted by atomic mass is 32.2. The zero-order valence-corrected chi connectivity index (χ0v) is 19.2. The van der Waals surface area contributed by atoms with Gasteiger partial charge in [-0.2, -0.15) is 4.31 Å². The predicted octanol–water partition coefficient (Wildman–Crippen LogP) is 3.88. The van der Waals surface area contributed by atoms with E-state index in [4.69, 9.17) is 0 Å². The largest absolute Gasteiger partial charge is 0.326 e. The van der Waals surface area contributed by atoms with E-state index in [0.29, 0.717) is 55.9 Å². The molecule has 2 aliphatic heterocycles. The van der Waals surface area contributed by atoms with Gasteiger partial charge in [-0.15, -0.1) is 0 Å². The molecule has 2 N–H and O–H groups in total. The van der Waals surface area contributed by atoms with E-state index in [2.05, 4.69) is 24.5 Å². The maximum absolute atomic E-state index is 13.4. The molecule has 0 spiro atoms. The molecule has 2 heterocycles. The standard InChI is InChI=1S/C24H29N3O4S/c1-16(2)17-8-10-19(11-9-17)25-24(29)22-6-4-14-27(22)32(30,31)20-12-13-21-18(15-20)5-3-7-23(28)26-21/h8-13,15-16,22H,3-7,14H2,1-2H3,(H,25,29)(H,26,28)/t22-/m0/s1. The highest BCUT2D eigenvalue weighted by molar-refractivity contribution is 7.89. The predicted molar refractivity (Wildman–Crippen MR) is 124 cm³/mol. The second-order valence-electron chi connectivity index (χ2n) is 8.76. The van der Waals surface area contributed by atoms with Crippen LogP contribution in [0.25, 0.3) is 0 Å². The van der Waals surface area contributed by atoms with E-state index < -0.39 is 16.1 Å². The van der Waals surface area contributed by atoms with Crippen LogP contribution in [0.3, 0.4) is 0 Å². The number of sulfonamides is 1. The number of carbonyl (C=O) groups excluding carboxylic acids is 2. The van der Waals surface area contributed by atoms with Crippen molar-refractivity contribution in [3.63, 3.8) is 0 Å². The van der Waals surface area contributed by atoms with Crippen LogP contribution in [0, 0.1) is 0 Å². The van der Waals surface area contributed by atoms with Crippen molar-refractivity contribution in [2.45, 2.75) is 62.8 Å². The Balaban J connectivity index is 1.53. The van der Waals surface area contributed by atoms with E-state index in [9.17, 15) is 18.0 Å². The lowest BCUT2D eigenvalue weighted by Crippen LogP contribution is -2.43. The van der Waals surface area contributed by atoms with Crippen LogP contribution in [0.1, 0.15) is 56.6 Å². The molecule has 2 amide bonds. The van der Waals surface area contributed by atoms with Crippen molar-refractivity contribution >= 4 is 33.2 Å². The summed E-state index contributed by atoms with van der Waals surface area (Å²) in [6.07, 6.45) is 2.84. The first-order valence-corrected chi connectivity index (χ1v) is 12.5. The van der Waals surface area contributed by atoms with Gasteiger partial charge in [0, 0.05) is 24.3 Å². The Morgan fingerprint density at radius 3 is 2.56 bits per heavy atom. The Morgan fingerprint density at radius 1 is 1.09 bits per heavy atom. The Kier molecular flexibility index (Phi) is 6.35. The Labute approximate surface area is 189 Å². The topological polar surface area (TPSA) is 95.6 Å². The molecule has 0 aromatic heterocycles. The van der Waals surface area contributed by atoms with E-state index >= 15 is 0 Å². The minimum absolute atomic E-state index is 0.0583. The number of hydrogen-bond donors (Lipinski definition) is 2. The summed E-state index contributed by atoms with van der Waals surface area (Å²) in [4.78, 5) is 24.9. The molecule has 0 saturated carbocycles. The van der Waals surface area contributed by atoms with Gasteiger partial charge in [0.15, 0.2) is 0 Å². The monoisotopic (exact) mass is 455 g/mol. The van der Waals surface area contributed by atoms with Gasteiger partial charge in [0.25, 0.3) is 0 Å². The van der Waals surface area contributed by atoms with Crippen molar-refractivity contribution in [2.24, 2.45) is 0 Å². The summed E-state index contributed by atoms with van der Waals surface area (Å²) in [5.41, 5.74) is 3.30. The molecule has 2 aliphatic rings. The summed E-state index contributed by atoms with van der Waals surface area (Å²) in [7, 11) is -3.84. The molecule has 1 fully saturated rings. The number of anilines is 2. The molecule has 4 rings (SSSR count). The van der Waals surface area contributed by atoms with Crippen molar-refractivity contribution in [2.75, 3.05) is 17.2 Å². The Bertz CT molecular complexity index is 1130. The van der Waals surface area contributed by atoms with Crippen LogP contribution in [0.4, 0.5) is 11.4 Å². The number of benzene rings is 2. The lowest BCUT2D eigenvalue weighted by atomic mass is 10.0. The summed E-state index contributed by atoms with van der Waals surface area (Å²) < 4.78 is 28.1. The Hall–Kier alpha value is -2.71. The second kappa shape index (κ2) is 9.03. The fraction of sp³-hybridized carbons (Fsp3) is 0.417. The minimum atomic E-state index is -3.84. The van der Waals surface area contributed by atoms with Crippen LogP contribution >= 0.6 is 0 Å². The smallest absolute Gasteiger partial charge is 0.243 e. The van der Waals surface area contributed by atoms with Gasteiger partial charge in [0.1, 0.15) is 6.04 Å². The third-order valence-corrected chi connectivity index (χ3v) is 8.06. The fourth-order valence-electron chi connectivity index (χ4n) is 4.31. The van der Waals surface area contributed by atoms with E-state index in [1.807, 2.05) is 24.3 Å². The summed E-state index contributed by atoms with van der Waals surface area (Å²) in [6, 6.07) is 11.7. The molecular weight excluding hydrogens is 426 g/mol. The molecular formula is C24H29N3O4S. The van der Waals surface area contributed by atoms with Gasteiger partial charge >= 0.3 is 0 Å². The first kappa shape index (κ1) is 22.5. The van der Waals surface area contributed by atoms with Gasteiger partial charge in [0.05, 0.1) is 4.90 Å². The zero-order chi connectivity index (χ0) is 22.9. The molecule has 1 saturated heterocycles. The van der Waals surface area contributed by atoms with Gasteiger partial charge in [0.2, 0.25) is 21.8 Å². The van der Waals surface area contributed by atoms with Crippen LogP contribution in [-0.4, -0.2) is 37.1 Å². The lowest BCUT2D eigenvalue weighted by Gasteiger charge is -2.24. The first-order chi connectivity index (χ1) is 15.3. The summed E-state index contributed by atoms with van der Waals surface area (Å²) in [6.45, 7) is 4.51. The number of carbonyl (C=O) groups is 2. The van der Waals surface area contributed by atoms with Gasteiger partial charge in [-0.3, -0.25) is 9.59 Å². The maximum Gasteiger partial charge on any atom is 0.243 e. The average molecular weight is 456 g/mol. The SMILES string of the molecule is CC(C)c1ccc(NC(=O)[C@@H]2CCCN2S(=O)(=O)c2ccc3c(c2)CCCC(=O)N3)cc1. The van der Waals surface area contributed by atoms with Crippen molar-refractivity contribution in [3.8, 4) is 0 Å². The molecule has 0 unspecified atom stereocenters. The third-order valence-electron chi connectivity index (χ3n) is 6.16. The lowest BCUT2D eigenvalue weighted by molar-refractivity contribution is -0.119. The molecule has 0 aliphatic carbocycles. The molecule has 0 bridgehead atoms. The Morgan fingerprint density at radius 2 is 1.84 bits per heavy atom. The van der Waals surface area contributed by atoms with Crippen LogP contribution in [0.2, 0.25) is 0 Å². The second-order valence-corrected chi connectivity index (χ2v) is 10.7. The van der Waals surface area contributed by atoms with E-state index in [1.165, 1.54) is 15.9 Å². The highest BCUT2D eigenvalue weighted by Crippen LogP contribution is 2.31. The normalized spacial score (nSPS) is 19.3. The number of nitrogens with one attached hydrogen (secondary N) is 2. The summed E-state index contributed by atoms with van der Waals surface area (Å²) in [5, 5.41) is 5.70. The highest BCUT2D eigenvalue weighted by Gasteiger charge is 2.39. The van der Waals surface area contributed by atoms with Crippen LogP contribution in [0.15, 0.2) is 47.4 Å². The quantitative estimate of drug-likeness (QED) is 0.715. The van der Waals surface area contributed by atoms with E-state index in [0.717, 1.165) is 5.56 Å². The van der Waals surface area contributed by atoms with Crippen LogP contribution < -0.4 is 10.6 Å². The third kappa shape index (κ3) is 4.56. The van der Waals surface area contributed by atoms with Crippen LogP contribution in [0.5, 0.6) is 0 Å².